The number of oxime groups is 1. The Hall–Kier alpha value is -2.37. The highest BCUT2D eigenvalue weighted by Gasteiger charge is 2.63. The highest BCUT2D eigenvalue weighted by molar-refractivity contribution is 5.96. The van der Waals surface area contributed by atoms with E-state index in [2.05, 4.69) is 36.3 Å². The van der Waals surface area contributed by atoms with Crippen molar-refractivity contribution < 1.29 is 29.7 Å². The number of allylic oxidation sites excluding steroid dienone is 2. The molecule has 0 spiro atoms. The first kappa shape index (κ1) is 25.7. The summed E-state index contributed by atoms with van der Waals surface area (Å²) in [6.07, 6.45) is 14.1. The molecule has 192 valence electrons. The average molecular weight is 487 g/mol. The Balaban J connectivity index is 1.41. The molecule has 4 N–H and O–H groups in total. The Morgan fingerprint density at radius 1 is 1.23 bits per heavy atom. The number of carboxylic acid groups (broad SMARTS) is 1. The second kappa shape index (κ2) is 9.25. The first-order chi connectivity index (χ1) is 16.4. The predicted octanol–water partition coefficient (Wildman–Crippen LogP) is 2.64. The van der Waals surface area contributed by atoms with E-state index >= 15 is 0 Å². The molecule has 3 saturated carbocycles. The minimum atomic E-state index is -1.39. The van der Waals surface area contributed by atoms with Gasteiger partial charge in [-0.05, 0) is 87.5 Å². The van der Waals surface area contributed by atoms with Crippen LogP contribution in [0.25, 0.3) is 0 Å². The van der Waals surface area contributed by atoms with Crippen LogP contribution in [0.15, 0.2) is 16.8 Å². The van der Waals surface area contributed by atoms with E-state index in [-0.39, 0.29) is 10.8 Å². The highest BCUT2D eigenvalue weighted by atomic mass is 16.6. The summed E-state index contributed by atoms with van der Waals surface area (Å²) in [6.45, 7) is 5.46. The Morgan fingerprint density at radius 3 is 2.60 bits per heavy atom. The zero-order chi connectivity index (χ0) is 25.6. The van der Waals surface area contributed by atoms with Crippen molar-refractivity contribution in [3.63, 3.8) is 0 Å². The Labute approximate surface area is 207 Å². The van der Waals surface area contributed by atoms with Crippen LogP contribution >= 0.6 is 0 Å². The summed E-state index contributed by atoms with van der Waals surface area (Å²) >= 11 is 0. The second-order valence-corrected chi connectivity index (χ2v) is 11.5. The van der Waals surface area contributed by atoms with Crippen molar-refractivity contribution in [2.24, 2.45) is 33.7 Å². The third-order valence-electron chi connectivity index (χ3n) is 9.81. The maximum Gasteiger partial charge on any atom is 0.328 e. The van der Waals surface area contributed by atoms with Gasteiger partial charge in [0.05, 0.1) is 11.8 Å². The Kier molecular flexibility index (Phi) is 6.80. The van der Waals surface area contributed by atoms with Gasteiger partial charge in [0.2, 0.25) is 0 Å². The normalized spacial score (nSPS) is 40.9. The van der Waals surface area contributed by atoms with Gasteiger partial charge >= 0.3 is 5.97 Å². The lowest BCUT2D eigenvalue weighted by Crippen LogP contribution is -2.54. The molecule has 0 unspecified atom stereocenters. The van der Waals surface area contributed by atoms with Crippen LogP contribution in [-0.2, 0) is 14.4 Å². The lowest BCUT2D eigenvalue weighted by atomic mass is 9.46. The van der Waals surface area contributed by atoms with E-state index in [1.54, 1.807) is 0 Å². The van der Waals surface area contributed by atoms with Gasteiger partial charge in [0.25, 0.3) is 5.91 Å². The molecule has 0 heterocycles. The molecular formula is C27H38N2O6. The van der Waals surface area contributed by atoms with Crippen molar-refractivity contribution in [1.82, 2.24) is 5.32 Å². The molecule has 0 bridgehead atoms. The molecule has 0 saturated heterocycles. The maximum absolute atomic E-state index is 12.0. The number of aliphatic carboxylic acids is 1. The first-order valence-corrected chi connectivity index (χ1v) is 12.8. The van der Waals surface area contributed by atoms with E-state index in [9.17, 15) is 19.8 Å². The molecule has 8 atom stereocenters. The van der Waals surface area contributed by atoms with Crippen LogP contribution in [0.3, 0.4) is 0 Å². The smallest absolute Gasteiger partial charge is 0.328 e. The number of fused-ring (bicyclic) bond motifs is 5. The van der Waals surface area contributed by atoms with Gasteiger partial charge in [-0.25, -0.2) is 4.79 Å². The van der Waals surface area contributed by atoms with Crippen molar-refractivity contribution >= 4 is 17.6 Å². The lowest BCUT2D eigenvalue weighted by molar-refractivity contribution is -0.145. The highest BCUT2D eigenvalue weighted by Crippen LogP contribution is 2.67. The summed E-state index contributed by atoms with van der Waals surface area (Å²) in [4.78, 5) is 28.3. The van der Waals surface area contributed by atoms with Crippen molar-refractivity contribution in [2.75, 3.05) is 6.61 Å². The number of hydrogen-bond acceptors (Lipinski definition) is 6. The average Bonchev–Trinajstić information content (AvgIpc) is 3.08. The topological polar surface area (TPSA) is 128 Å². The van der Waals surface area contributed by atoms with E-state index in [1.165, 1.54) is 12.5 Å². The molecule has 0 aromatic rings. The number of carbonyl (C=O) groups excluding carboxylic acids is 1. The maximum atomic E-state index is 12.0. The summed E-state index contributed by atoms with van der Waals surface area (Å²) < 4.78 is 0. The minimum Gasteiger partial charge on any atom is -0.480 e. The molecule has 0 radical (unpaired) electrons. The molecule has 4 rings (SSSR count). The Bertz CT molecular complexity index is 983. The van der Waals surface area contributed by atoms with Gasteiger partial charge in [-0.1, -0.05) is 30.5 Å². The van der Waals surface area contributed by atoms with Crippen LogP contribution in [0, 0.1) is 40.9 Å². The molecule has 4 aliphatic rings. The summed E-state index contributed by atoms with van der Waals surface area (Å²) in [5.74, 6) is 2.36. The van der Waals surface area contributed by atoms with Crippen molar-refractivity contribution in [2.45, 2.75) is 89.9 Å². The lowest BCUT2D eigenvalue weighted by Gasteiger charge is -2.58. The first-order valence-electron chi connectivity index (χ1n) is 12.8. The summed E-state index contributed by atoms with van der Waals surface area (Å²) in [7, 11) is 0. The fourth-order valence-electron chi connectivity index (χ4n) is 7.67. The van der Waals surface area contributed by atoms with Crippen molar-refractivity contribution in [3.05, 3.63) is 11.6 Å². The SMILES string of the molecule is C#C[C@@]1(O)CC[C@H]2[C@@H]3CCC4=C/C(=N/OCC(=O)N[C@H](C(=O)O)[C@H](C)O)CC[C@]4(C)[C@H]3CC[C@@]21C. The number of nitrogens with zero attached hydrogens (tertiary/aromatic N) is 1. The fraction of sp³-hybridized carbons (Fsp3) is 0.741. The van der Waals surface area contributed by atoms with E-state index < -0.39 is 36.2 Å². The van der Waals surface area contributed by atoms with Crippen LogP contribution in [0.2, 0.25) is 0 Å². The zero-order valence-electron chi connectivity index (χ0n) is 20.9. The number of rotatable bonds is 6. The monoisotopic (exact) mass is 486 g/mol. The summed E-state index contributed by atoms with van der Waals surface area (Å²) in [6, 6.07) is -1.39. The quantitative estimate of drug-likeness (QED) is 0.338. The molecule has 0 aromatic carbocycles. The third-order valence-corrected chi connectivity index (χ3v) is 9.81. The van der Waals surface area contributed by atoms with Gasteiger partial charge < -0.3 is 25.5 Å². The van der Waals surface area contributed by atoms with Crippen LogP contribution in [0.5, 0.6) is 0 Å². The van der Waals surface area contributed by atoms with Gasteiger partial charge in [-0.3, -0.25) is 4.79 Å². The van der Waals surface area contributed by atoms with Crippen LogP contribution < -0.4 is 5.32 Å². The molecular weight excluding hydrogens is 448 g/mol. The number of hydrogen-bond donors (Lipinski definition) is 4. The summed E-state index contributed by atoms with van der Waals surface area (Å²) in [5, 5.41) is 36.1. The standard InChI is InChI=1S/C27H38N2O6/c1-5-27(34)13-10-21-19-7-6-17-14-18(8-11-25(17,3)20(19)9-12-26(21,27)4)29-35-15-22(31)28-23(16(2)30)24(32)33/h1,14,16,19-21,23,30,34H,6-13,15H2,2-4H3,(H,28,31)(H,32,33)/b29-18+/t16-,19+,20-,21-,23-,25-,26-,27+/m0/s1. The van der Waals surface area contributed by atoms with E-state index in [4.69, 9.17) is 16.4 Å². The van der Waals surface area contributed by atoms with E-state index in [0.717, 1.165) is 50.7 Å². The van der Waals surface area contributed by atoms with Gasteiger partial charge in [0, 0.05) is 5.41 Å². The van der Waals surface area contributed by atoms with Gasteiger partial charge in [-0.15, -0.1) is 6.42 Å². The molecule has 8 heteroatoms. The van der Waals surface area contributed by atoms with Crippen LogP contribution in [-0.4, -0.2) is 57.3 Å². The number of nitrogens with one attached hydrogen (secondary N) is 1. The molecule has 8 nitrogen and oxygen atoms in total. The number of aliphatic hydroxyl groups excluding tert-OH is 1. The predicted molar refractivity (Wildman–Crippen MR) is 130 cm³/mol. The molecule has 1 amide bonds. The van der Waals surface area contributed by atoms with Gasteiger partial charge in [-0.2, -0.15) is 0 Å². The third kappa shape index (κ3) is 4.27. The van der Waals surface area contributed by atoms with Crippen molar-refractivity contribution in [3.8, 4) is 12.3 Å². The molecule has 0 aromatic heterocycles. The molecule has 35 heavy (non-hydrogen) atoms. The summed E-state index contributed by atoms with van der Waals surface area (Å²) in [5.41, 5.74) is 1.06. The largest absolute Gasteiger partial charge is 0.480 e. The molecule has 3 fully saturated rings. The van der Waals surface area contributed by atoms with E-state index in [1.807, 2.05) is 0 Å². The fourth-order valence-corrected chi connectivity index (χ4v) is 7.67. The number of carboxylic acids is 1. The van der Waals surface area contributed by atoms with E-state index in [0.29, 0.717) is 24.2 Å². The van der Waals surface area contributed by atoms with Crippen LogP contribution in [0.4, 0.5) is 0 Å². The number of terminal acetylenes is 1. The minimum absolute atomic E-state index is 0.0868. The van der Waals surface area contributed by atoms with Crippen molar-refractivity contribution in [1.29, 1.82) is 0 Å². The second-order valence-electron chi connectivity index (χ2n) is 11.5. The molecule has 4 aliphatic carbocycles. The number of aliphatic hydroxyl groups is 2. The van der Waals surface area contributed by atoms with Crippen LogP contribution in [0.1, 0.15) is 72.1 Å². The number of amides is 1. The van der Waals surface area contributed by atoms with Gasteiger partial charge in [0.15, 0.2) is 12.6 Å². The zero-order valence-corrected chi connectivity index (χ0v) is 20.9. The van der Waals surface area contributed by atoms with Gasteiger partial charge in [0.1, 0.15) is 5.60 Å². The molecule has 0 aliphatic heterocycles. The Morgan fingerprint density at radius 2 is 1.94 bits per heavy atom. The number of carbonyl (C=O) groups is 2.